The Bertz CT molecular complexity index is 720. The fourth-order valence-electron chi connectivity index (χ4n) is 1.50. The maximum absolute atomic E-state index is 5.30. The van der Waals surface area contributed by atoms with Crippen LogP contribution < -0.4 is 5.32 Å². The van der Waals surface area contributed by atoms with Crippen molar-refractivity contribution in [3.8, 4) is 0 Å². The van der Waals surface area contributed by atoms with Gasteiger partial charge in [0.2, 0.25) is 0 Å². The van der Waals surface area contributed by atoms with E-state index < -0.39 is 0 Å². The van der Waals surface area contributed by atoms with Gasteiger partial charge in [-0.15, -0.1) is 0 Å². The molecule has 0 radical (unpaired) electrons. The van der Waals surface area contributed by atoms with Crippen LogP contribution >= 0.6 is 15.9 Å². The number of anilines is 2. The van der Waals surface area contributed by atoms with E-state index in [0.717, 1.165) is 5.69 Å². The monoisotopic (exact) mass is 332 g/mol. The number of hydrogen-bond donors (Lipinski definition) is 1. The van der Waals surface area contributed by atoms with Gasteiger partial charge >= 0.3 is 0 Å². The van der Waals surface area contributed by atoms with Crippen LogP contribution in [0.15, 0.2) is 56.7 Å². The summed E-state index contributed by atoms with van der Waals surface area (Å²) in [5, 5.41) is 18.4. The van der Waals surface area contributed by atoms with E-state index in [9.17, 15) is 0 Å². The van der Waals surface area contributed by atoms with Crippen LogP contribution in [0.4, 0.5) is 11.6 Å². The van der Waals surface area contributed by atoms with E-state index in [1.165, 1.54) is 11.0 Å². The second kappa shape index (κ2) is 5.66. The molecule has 0 aliphatic carbocycles. The van der Waals surface area contributed by atoms with Crippen molar-refractivity contribution in [1.29, 1.82) is 0 Å². The molecular weight excluding hydrogens is 324 g/mol. The van der Waals surface area contributed by atoms with E-state index in [-0.39, 0.29) is 0 Å². The van der Waals surface area contributed by atoms with Gasteiger partial charge in [-0.25, -0.2) is 0 Å². The zero-order valence-electron chi connectivity index (χ0n) is 10.1. The standard InChI is InChI=1S/C12H9BrN6O/c13-11-7-6-10(20-11)8-14-19-12(16-17-18-19)15-9-4-2-1-3-5-9/h1-8H,(H,15,16,18). The van der Waals surface area contributed by atoms with Crippen LogP contribution in [0, 0.1) is 0 Å². The molecule has 3 aromatic rings. The number of aromatic nitrogens is 4. The highest BCUT2D eigenvalue weighted by Gasteiger charge is 2.04. The largest absolute Gasteiger partial charge is 0.448 e. The van der Waals surface area contributed by atoms with E-state index in [1.54, 1.807) is 12.1 Å². The molecule has 8 heteroatoms. The molecule has 2 aromatic heterocycles. The Labute approximate surface area is 122 Å². The van der Waals surface area contributed by atoms with Crippen molar-refractivity contribution >= 4 is 33.8 Å². The number of halogens is 1. The molecular formula is C12H9BrN6O. The summed E-state index contributed by atoms with van der Waals surface area (Å²) in [5.74, 6) is 1.01. The van der Waals surface area contributed by atoms with Gasteiger partial charge in [-0.1, -0.05) is 28.1 Å². The quantitative estimate of drug-likeness (QED) is 0.743. The zero-order valence-corrected chi connectivity index (χ0v) is 11.7. The van der Waals surface area contributed by atoms with Crippen molar-refractivity contribution in [2.45, 2.75) is 0 Å². The number of para-hydroxylation sites is 1. The molecule has 0 saturated heterocycles. The number of nitrogens with one attached hydrogen (secondary N) is 1. The normalized spacial score (nSPS) is 11.1. The average Bonchev–Trinajstić information content (AvgIpc) is 3.07. The molecule has 7 nitrogen and oxygen atoms in total. The molecule has 0 bridgehead atoms. The minimum Gasteiger partial charge on any atom is -0.448 e. The van der Waals surface area contributed by atoms with Gasteiger partial charge in [0.25, 0.3) is 5.95 Å². The van der Waals surface area contributed by atoms with Gasteiger partial charge in [-0.05, 0) is 50.6 Å². The molecule has 0 aliphatic rings. The molecule has 0 unspecified atom stereocenters. The number of nitrogens with zero attached hydrogens (tertiary/aromatic N) is 5. The number of furan rings is 1. The molecule has 1 N–H and O–H groups in total. The summed E-state index contributed by atoms with van der Waals surface area (Å²) < 4.78 is 5.94. The molecule has 3 rings (SSSR count). The highest BCUT2D eigenvalue weighted by atomic mass is 79.9. The number of rotatable bonds is 4. The number of tetrazole rings is 1. The fourth-order valence-corrected chi connectivity index (χ4v) is 1.81. The summed E-state index contributed by atoms with van der Waals surface area (Å²) >= 11 is 3.22. The second-order valence-corrected chi connectivity index (χ2v) is 4.55. The molecule has 2 heterocycles. The van der Waals surface area contributed by atoms with Crippen LogP contribution in [0.5, 0.6) is 0 Å². The fraction of sp³-hybridized carbons (Fsp3) is 0. The Hall–Kier alpha value is -2.48. The van der Waals surface area contributed by atoms with E-state index in [1.807, 2.05) is 30.3 Å². The van der Waals surface area contributed by atoms with Crippen molar-refractivity contribution in [2.24, 2.45) is 5.10 Å². The topological polar surface area (TPSA) is 81.1 Å². The first-order valence-corrected chi connectivity index (χ1v) is 6.51. The number of benzene rings is 1. The summed E-state index contributed by atoms with van der Waals surface area (Å²) in [6, 6.07) is 13.1. The van der Waals surface area contributed by atoms with Crippen molar-refractivity contribution in [3.05, 3.63) is 52.9 Å². The molecule has 0 fully saturated rings. The van der Waals surface area contributed by atoms with E-state index >= 15 is 0 Å². The highest BCUT2D eigenvalue weighted by molar-refractivity contribution is 9.10. The summed E-state index contributed by atoms with van der Waals surface area (Å²) in [5.41, 5.74) is 0.875. The Morgan fingerprint density at radius 1 is 1.20 bits per heavy atom. The molecule has 0 spiro atoms. The minimum absolute atomic E-state index is 0.415. The third-order valence-corrected chi connectivity index (χ3v) is 2.80. The SMILES string of the molecule is Brc1ccc(C=Nn2nnnc2Nc2ccccc2)o1. The van der Waals surface area contributed by atoms with Crippen molar-refractivity contribution in [2.75, 3.05) is 5.32 Å². The second-order valence-electron chi connectivity index (χ2n) is 3.77. The van der Waals surface area contributed by atoms with E-state index in [0.29, 0.717) is 16.4 Å². The Morgan fingerprint density at radius 2 is 2.05 bits per heavy atom. The molecule has 0 saturated carbocycles. The maximum Gasteiger partial charge on any atom is 0.269 e. The Morgan fingerprint density at radius 3 is 2.80 bits per heavy atom. The Kier molecular flexibility index (Phi) is 3.55. The highest BCUT2D eigenvalue weighted by Crippen LogP contribution is 2.14. The summed E-state index contributed by atoms with van der Waals surface area (Å²) in [4.78, 5) is 1.28. The van der Waals surface area contributed by atoms with Crippen LogP contribution in [-0.2, 0) is 0 Å². The molecule has 20 heavy (non-hydrogen) atoms. The van der Waals surface area contributed by atoms with Crippen molar-refractivity contribution < 1.29 is 4.42 Å². The van der Waals surface area contributed by atoms with Gasteiger partial charge in [-0.2, -0.15) is 5.10 Å². The molecule has 1 aromatic carbocycles. The summed E-state index contributed by atoms with van der Waals surface area (Å²) in [6.07, 6.45) is 1.53. The molecule has 0 aliphatic heterocycles. The first kappa shape index (κ1) is 12.5. The maximum atomic E-state index is 5.30. The molecule has 0 atom stereocenters. The van der Waals surface area contributed by atoms with Crippen LogP contribution in [0.2, 0.25) is 0 Å². The third-order valence-electron chi connectivity index (χ3n) is 2.37. The predicted octanol–water partition coefficient (Wildman–Crippen LogP) is 2.65. The lowest BCUT2D eigenvalue weighted by molar-refractivity contribution is 0.533. The van der Waals surface area contributed by atoms with Crippen LogP contribution in [0.3, 0.4) is 0 Å². The smallest absolute Gasteiger partial charge is 0.269 e. The van der Waals surface area contributed by atoms with Gasteiger partial charge in [0.05, 0.1) is 6.21 Å². The lowest BCUT2D eigenvalue weighted by Gasteiger charge is -2.02. The Balaban J connectivity index is 1.78. The van der Waals surface area contributed by atoms with E-state index in [4.69, 9.17) is 4.42 Å². The number of hydrogen-bond acceptors (Lipinski definition) is 6. The predicted molar refractivity (Wildman–Crippen MR) is 76.9 cm³/mol. The zero-order chi connectivity index (χ0) is 13.8. The van der Waals surface area contributed by atoms with Gasteiger partial charge in [0, 0.05) is 5.69 Å². The van der Waals surface area contributed by atoms with Gasteiger partial charge in [-0.3, -0.25) is 0 Å². The minimum atomic E-state index is 0.415. The van der Waals surface area contributed by atoms with E-state index in [2.05, 4.69) is 41.9 Å². The summed E-state index contributed by atoms with van der Waals surface area (Å²) in [6.45, 7) is 0. The lowest BCUT2D eigenvalue weighted by atomic mass is 10.3. The lowest BCUT2D eigenvalue weighted by Crippen LogP contribution is -2.00. The van der Waals surface area contributed by atoms with Crippen LogP contribution in [0.1, 0.15) is 5.76 Å². The first-order valence-electron chi connectivity index (χ1n) is 5.71. The van der Waals surface area contributed by atoms with Gasteiger partial charge in [0.15, 0.2) is 4.67 Å². The summed E-state index contributed by atoms with van der Waals surface area (Å²) in [7, 11) is 0. The van der Waals surface area contributed by atoms with Crippen molar-refractivity contribution in [3.63, 3.8) is 0 Å². The van der Waals surface area contributed by atoms with Gasteiger partial charge in [0.1, 0.15) is 5.76 Å². The molecule has 100 valence electrons. The van der Waals surface area contributed by atoms with Crippen LogP contribution in [-0.4, -0.2) is 26.5 Å². The third kappa shape index (κ3) is 2.91. The van der Waals surface area contributed by atoms with Crippen molar-refractivity contribution in [1.82, 2.24) is 20.3 Å². The first-order chi connectivity index (χ1) is 9.81. The van der Waals surface area contributed by atoms with Gasteiger partial charge < -0.3 is 9.73 Å². The average molecular weight is 333 g/mol. The van der Waals surface area contributed by atoms with Crippen LogP contribution in [0.25, 0.3) is 0 Å². The molecule has 0 amide bonds.